The minimum Gasteiger partial charge on any atom is -0.489 e. The van der Waals surface area contributed by atoms with Crippen LogP contribution in [0.2, 0.25) is 0 Å². The van der Waals surface area contributed by atoms with Gasteiger partial charge in [-0.05, 0) is 30.3 Å². The average molecular weight is 299 g/mol. The van der Waals surface area contributed by atoms with E-state index in [4.69, 9.17) is 21.5 Å². The lowest BCUT2D eigenvalue weighted by atomic mass is 10.2. The largest absolute Gasteiger partial charge is 0.489 e. The summed E-state index contributed by atoms with van der Waals surface area (Å²) in [4.78, 5) is 4.03. The lowest BCUT2D eigenvalue weighted by Gasteiger charge is -2.09. The van der Waals surface area contributed by atoms with Gasteiger partial charge in [-0.1, -0.05) is 11.6 Å². The average Bonchev–Trinajstić information content (AvgIpc) is 2.37. The van der Waals surface area contributed by atoms with Gasteiger partial charge in [0.1, 0.15) is 17.3 Å². The molecule has 2 rings (SSSR count). The summed E-state index contributed by atoms with van der Waals surface area (Å²) in [6, 6.07) is 6.34. The van der Waals surface area contributed by atoms with Crippen molar-refractivity contribution in [1.29, 1.82) is 0 Å². The second-order valence-electron chi connectivity index (χ2n) is 3.68. The van der Waals surface area contributed by atoms with Gasteiger partial charge in [0.15, 0.2) is 0 Å². The number of halogens is 1. The molecule has 0 fully saturated rings. The van der Waals surface area contributed by atoms with Gasteiger partial charge in [-0.25, -0.2) is 13.6 Å². The Bertz CT molecular complexity index is 729. The standard InChI is InChI=1S/C12H11ClN2O3S/c13-6-2-8-18-10-4-5-11(19(14,16)17)12-9(10)3-1-7-15-12/h1-7H,8H2,(H2,14,16,17)/b6-2+. The molecular formula is C12H11ClN2O3S. The predicted octanol–water partition coefficient (Wildman–Crippen LogP) is 2.01. The van der Waals surface area contributed by atoms with Gasteiger partial charge in [0.25, 0.3) is 0 Å². The molecule has 0 amide bonds. The summed E-state index contributed by atoms with van der Waals surface area (Å²) in [6.45, 7) is 0.280. The first kappa shape index (κ1) is 13.8. The van der Waals surface area contributed by atoms with Crippen molar-refractivity contribution in [1.82, 2.24) is 4.98 Å². The highest BCUT2D eigenvalue weighted by atomic mass is 35.5. The number of hydrogen-bond acceptors (Lipinski definition) is 4. The molecule has 0 saturated heterocycles. The maximum atomic E-state index is 11.5. The molecule has 0 bridgehead atoms. The van der Waals surface area contributed by atoms with E-state index in [1.165, 1.54) is 17.8 Å². The van der Waals surface area contributed by atoms with E-state index in [1.807, 2.05) is 0 Å². The Hall–Kier alpha value is -1.63. The summed E-state index contributed by atoms with van der Waals surface area (Å²) in [5.74, 6) is 0.519. The molecule has 1 aromatic carbocycles. The van der Waals surface area contributed by atoms with Crippen LogP contribution in [0.25, 0.3) is 10.9 Å². The normalized spacial score (nSPS) is 12.1. The Labute approximate surface area is 115 Å². The molecule has 100 valence electrons. The summed E-state index contributed by atoms with van der Waals surface area (Å²) < 4.78 is 28.5. The van der Waals surface area contributed by atoms with Crippen LogP contribution in [0.4, 0.5) is 0 Å². The van der Waals surface area contributed by atoms with Crippen LogP contribution in [-0.2, 0) is 10.0 Å². The maximum absolute atomic E-state index is 11.5. The van der Waals surface area contributed by atoms with Crippen LogP contribution in [0.3, 0.4) is 0 Å². The molecule has 0 spiro atoms. The van der Waals surface area contributed by atoms with E-state index in [0.717, 1.165) is 0 Å². The SMILES string of the molecule is NS(=O)(=O)c1ccc(OC/C=C/Cl)c2cccnc12. The lowest BCUT2D eigenvalue weighted by molar-refractivity contribution is 0.367. The van der Waals surface area contributed by atoms with E-state index in [2.05, 4.69) is 4.98 Å². The van der Waals surface area contributed by atoms with Crippen molar-refractivity contribution in [3.8, 4) is 5.75 Å². The highest BCUT2D eigenvalue weighted by Gasteiger charge is 2.15. The van der Waals surface area contributed by atoms with E-state index in [-0.39, 0.29) is 17.0 Å². The molecule has 0 aliphatic rings. The number of hydrogen-bond donors (Lipinski definition) is 1. The second-order valence-corrected chi connectivity index (χ2v) is 5.46. The maximum Gasteiger partial charge on any atom is 0.240 e. The summed E-state index contributed by atoms with van der Waals surface area (Å²) in [5.41, 5.74) is 1.64. The minimum atomic E-state index is -3.82. The molecule has 7 heteroatoms. The zero-order valence-corrected chi connectivity index (χ0v) is 11.4. The second kappa shape index (κ2) is 5.56. The van der Waals surface area contributed by atoms with E-state index >= 15 is 0 Å². The number of rotatable bonds is 4. The summed E-state index contributed by atoms with van der Waals surface area (Å²) >= 11 is 5.40. The Balaban J connectivity index is 2.58. The van der Waals surface area contributed by atoms with E-state index in [0.29, 0.717) is 11.1 Å². The Morgan fingerprint density at radius 3 is 2.84 bits per heavy atom. The fourth-order valence-electron chi connectivity index (χ4n) is 1.65. The third kappa shape index (κ3) is 3.04. The van der Waals surface area contributed by atoms with Crippen molar-refractivity contribution in [2.75, 3.05) is 6.61 Å². The van der Waals surface area contributed by atoms with Crippen LogP contribution < -0.4 is 9.88 Å². The number of aromatic nitrogens is 1. The van der Waals surface area contributed by atoms with E-state index < -0.39 is 10.0 Å². The van der Waals surface area contributed by atoms with Gasteiger partial charge in [0.2, 0.25) is 10.0 Å². The Morgan fingerprint density at radius 2 is 2.16 bits per heavy atom. The molecule has 0 saturated carbocycles. The van der Waals surface area contributed by atoms with Crippen molar-refractivity contribution >= 4 is 32.5 Å². The smallest absolute Gasteiger partial charge is 0.240 e. The summed E-state index contributed by atoms with van der Waals surface area (Å²) in [5, 5.41) is 5.74. The number of primary sulfonamides is 1. The van der Waals surface area contributed by atoms with Crippen LogP contribution in [0.15, 0.2) is 47.0 Å². The van der Waals surface area contributed by atoms with Crippen molar-refractivity contribution < 1.29 is 13.2 Å². The minimum absolute atomic E-state index is 0.0247. The van der Waals surface area contributed by atoms with Crippen LogP contribution in [0.1, 0.15) is 0 Å². The lowest BCUT2D eigenvalue weighted by Crippen LogP contribution is -2.13. The number of fused-ring (bicyclic) bond motifs is 1. The van der Waals surface area contributed by atoms with Gasteiger partial charge in [-0.3, -0.25) is 4.98 Å². The monoisotopic (exact) mass is 298 g/mol. The topological polar surface area (TPSA) is 82.3 Å². The molecule has 5 nitrogen and oxygen atoms in total. The number of pyridine rings is 1. The Morgan fingerprint density at radius 1 is 1.37 bits per heavy atom. The highest BCUT2D eigenvalue weighted by Crippen LogP contribution is 2.28. The molecule has 2 N–H and O–H groups in total. The molecule has 1 aromatic heterocycles. The predicted molar refractivity (Wildman–Crippen MR) is 73.6 cm³/mol. The van der Waals surface area contributed by atoms with Crippen molar-refractivity contribution in [2.45, 2.75) is 4.90 Å². The van der Waals surface area contributed by atoms with Gasteiger partial charge in [0, 0.05) is 17.1 Å². The van der Waals surface area contributed by atoms with E-state index in [9.17, 15) is 8.42 Å². The van der Waals surface area contributed by atoms with Crippen LogP contribution in [0.5, 0.6) is 5.75 Å². The van der Waals surface area contributed by atoms with Crippen LogP contribution in [-0.4, -0.2) is 20.0 Å². The molecule has 2 aromatic rings. The van der Waals surface area contributed by atoms with Crippen LogP contribution >= 0.6 is 11.6 Å². The number of nitrogens with two attached hydrogens (primary N) is 1. The van der Waals surface area contributed by atoms with Gasteiger partial charge in [-0.2, -0.15) is 0 Å². The fourth-order valence-corrected chi connectivity index (χ4v) is 2.41. The summed E-state index contributed by atoms with van der Waals surface area (Å²) in [6.07, 6.45) is 3.12. The zero-order valence-electron chi connectivity index (χ0n) is 9.78. The highest BCUT2D eigenvalue weighted by molar-refractivity contribution is 7.89. The summed E-state index contributed by atoms with van der Waals surface area (Å²) in [7, 11) is -3.82. The van der Waals surface area contributed by atoms with Crippen molar-refractivity contribution in [2.24, 2.45) is 5.14 Å². The number of ether oxygens (including phenoxy) is 1. The molecular weight excluding hydrogens is 288 g/mol. The van der Waals surface area contributed by atoms with E-state index in [1.54, 1.807) is 24.3 Å². The first-order valence-corrected chi connectivity index (χ1v) is 7.31. The molecule has 0 atom stereocenters. The third-order valence-electron chi connectivity index (χ3n) is 2.42. The molecule has 19 heavy (non-hydrogen) atoms. The first-order chi connectivity index (χ1) is 9.04. The first-order valence-electron chi connectivity index (χ1n) is 5.32. The third-order valence-corrected chi connectivity index (χ3v) is 3.54. The van der Waals surface area contributed by atoms with Crippen LogP contribution in [0, 0.1) is 0 Å². The molecule has 0 aliphatic heterocycles. The fraction of sp³-hybridized carbons (Fsp3) is 0.0833. The number of nitrogens with zero attached hydrogens (tertiary/aromatic N) is 1. The quantitative estimate of drug-likeness (QED) is 0.936. The molecule has 0 radical (unpaired) electrons. The van der Waals surface area contributed by atoms with Gasteiger partial charge in [0.05, 0.1) is 5.52 Å². The zero-order chi connectivity index (χ0) is 13.9. The molecule has 0 unspecified atom stereocenters. The van der Waals surface area contributed by atoms with Crippen molar-refractivity contribution in [3.05, 3.63) is 42.1 Å². The Kier molecular flexibility index (Phi) is 4.04. The van der Waals surface area contributed by atoms with Gasteiger partial charge < -0.3 is 4.74 Å². The van der Waals surface area contributed by atoms with Crippen molar-refractivity contribution in [3.63, 3.8) is 0 Å². The van der Waals surface area contributed by atoms with Gasteiger partial charge in [-0.15, -0.1) is 0 Å². The number of sulfonamides is 1. The molecule has 1 heterocycles. The number of benzene rings is 1. The van der Waals surface area contributed by atoms with Gasteiger partial charge >= 0.3 is 0 Å². The molecule has 0 aliphatic carbocycles.